The molecule has 1 fully saturated rings. The van der Waals surface area contributed by atoms with Crippen LogP contribution in [-0.2, 0) is 0 Å². The second-order valence-electron chi connectivity index (χ2n) is 7.82. The van der Waals surface area contributed by atoms with Crippen molar-refractivity contribution in [3.8, 4) is 22.8 Å². The largest absolute Gasteiger partial charge is 0.504 e. The number of rotatable bonds is 4. The Hall–Kier alpha value is -3.00. The first kappa shape index (κ1) is 21.2. The molecule has 0 aliphatic heterocycles. The maximum atomic E-state index is 9.83. The zero-order chi connectivity index (χ0) is 21.6. The Labute approximate surface area is 187 Å². The molecule has 1 aliphatic rings. The monoisotopic (exact) mass is 437 g/mol. The zero-order valence-corrected chi connectivity index (χ0v) is 18.4. The van der Waals surface area contributed by atoms with Crippen LogP contribution in [0.4, 0.5) is 5.82 Å². The molecule has 4 rings (SSSR count). The summed E-state index contributed by atoms with van der Waals surface area (Å²) >= 11 is 5.51. The summed E-state index contributed by atoms with van der Waals surface area (Å²) in [5.74, 6) is 1.04. The summed E-state index contributed by atoms with van der Waals surface area (Å²) in [4.78, 5) is 13.7. The molecule has 2 heterocycles. The van der Waals surface area contributed by atoms with Crippen LogP contribution in [0.3, 0.4) is 0 Å². The number of nitrogens with zero attached hydrogens (tertiary/aromatic N) is 3. The van der Waals surface area contributed by atoms with Crippen molar-refractivity contribution < 1.29 is 9.84 Å². The molecule has 0 unspecified atom stereocenters. The van der Waals surface area contributed by atoms with E-state index < -0.39 is 0 Å². The minimum absolute atomic E-state index is 0.0867. The Morgan fingerprint density at radius 2 is 1.84 bits per heavy atom. The van der Waals surface area contributed by atoms with Gasteiger partial charge in [0.25, 0.3) is 0 Å². The first-order chi connectivity index (χ1) is 15.1. The van der Waals surface area contributed by atoms with Gasteiger partial charge in [0.15, 0.2) is 28.1 Å². The highest BCUT2D eigenvalue weighted by Crippen LogP contribution is 2.31. The van der Waals surface area contributed by atoms with E-state index in [1.165, 1.54) is 39.2 Å². The number of anilines is 1. The number of methoxy groups -OCH3 is 1. The number of pyridine rings is 1. The number of thiocarbonyl (C=S) groups is 1. The van der Waals surface area contributed by atoms with Gasteiger partial charge in [0.2, 0.25) is 0 Å². The normalized spacial score (nSPS) is 15.1. The van der Waals surface area contributed by atoms with E-state index in [9.17, 15) is 5.11 Å². The van der Waals surface area contributed by atoms with Crippen molar-refractivity contribution >= 4 is 34.3 Å². The summed E-state index contributed by atoms with van der Waals surface area (Å²) in [7, 11) is 1.52. The second-order valence-corrected chi connectivity index (χ2v) is 8.23. The van der Waals surface area contributed by atoms with Crippen LogP contribution in [0.5, 0.6) is 11.5 Å². The maximum absolute atomic E-state index is 9.83. The third-order valence-corrected chi connectivity index (χ3v) is 5.78. The summed E-state index contributed by atoms with van der Waals surface area (Å²) in [6, 6.07) is 9.27. The number of phenolic OH excluding ortho intramolecular Hbond substituents is 1. The smallest absolute Gasteiger partial charge is 0.180 e. The van der Waals surface area contributed by atoms with Gasteiger partial charge in [-0.2, -0.15) is 0 Å². The van der Waals surface area contributed by atoms with Gasteiger partial charge in [-0.25, -0.2) is 15.0 Å². The Morgan fingerprint density at radius 1 is 1.06 bits per heavy atom. The van der Waals surface area contributed by atoms with E-state index in [0.29, 0.717) is 39.6 Å². The average molecular weight is 438 g/mol. The lowest BCUT2D eigenvalue weighted by Crippen LogP contribution is -2.38. The quantitative estimate of drug-likeness (QED) is 0.501. The molecule has 3 aromatic rings. The predicted octanol–water partition coefficient (Wildman–Crippen LogP) is 4.81. The highest BCUT2D eigenvalue weighted by atomic mass is 32.1. The van der Waals surface area contributed by atoms with Gasteiger partial charge >= 0.3 is 0 Å². The van der Waals surface area contributed by atoms with Crippen molar-refractivity contribution in [1.82, 2.24) is 20.3 Å². The Kier molecular flexibility index (Phi) is 6.76. The number of fused-ring (bicyclic) bond motifs is 1. The standard InChI is InChI=1S/C23H27N5O2S/c1-30-20-13-15(9-12-19(20)29)17-10-11-18-22(26-17)27-21(14-24-18)28-23(31)25-16-7-5-3-2-4-6-8-16/h9-14,16,29H,2-8H2,1H3,(H2,25,26,27,28,31). The maximum Gasteiger partial charge on any atom is 0.180 e. The first-order valence-electron chi connectivity index (χ1n) is 10.7. The van der Waals surface area contributed by atoms with Crippen LogP contribution in [0, 0.1) is 0 Å². The number of nitrogens with one attached hydrogen (secondary N) is 2. The molecule has 0 spiro atoms. The summed E-state index contributed by atoms with van der Waals surface area (Å²) < 4.78 is 5.20. The van der Waals surface area contributed by atoms with Crippen molar-refractivity contribution in [2.45, 2.75) is 51.0 Å². The third-order valence-electron chi connectivity index (χ3n) is 5.56. The molecule has 0 radical (unpaired) electrons. The van der Waals surface area contributed by atoms with E-state index in [1.807, 2.05) is 12.1 Å². The van der Waals surface area contributed by atoms with Crippen LogP contribution in [0.1, 0.15) is 44.9 Å². The van der Waals surface area contributed by atoms with E-state index in [4.69, 9.17) is 17.0 Å². The number of hydrogen-bond donors (Lipinski definition) is 3. The topological polar surface area (TPSA) is 92.2 Å². The SMILES string of the molecule is COc1cc(-c2ccc3ncc(NC(=S)NC4CCCCCCC4)nc3n2)ccc1O. The number of hydrogen-bond acceptors (Lipinski definition) is 6. The fraction of sp³-hybridized carbons (Fsp3) is 0.391. The lowest BCUT2D eigenvalue weighted by atomic mass is 9.97. The molecule has 8 heteroatoms. The van der Waals surface area contributed by atoms with E-state index in [1.54, 1.807) is 24.4 Å². The second kappa shape index (κ2) is 9.87. The number of benzene rings is 1. The minimum Gasteiger partial charge on any atom is -0.504 e. The molecule has 0 amide bonds. The highest BCUT2D eigenvalue weighted by molar-refractivity contribution is 7.80. The first-order valence-corrected chi connectivity index (χ1v) is 11.1. The molecular formula is C23H27N5O2S. The Bertz CT molecular complexity index is 1070. The molecule has 0 bridgehead atoms. The molecule has 31 heavy (non-hydrogen) atoms. The minimum atomic E-state index is 0.0867. The van der Waals surface area contributed by atoms with Crippen molar-refractivity contribution in [3.05, 3.63) is 36.5 Å². The van der Waals surface area contributed by atoms with Crippen molar-refractivity contribution in [2.75, 3.05) is 12.4 Å². The van der Waals surface area contributed by atoms with Crippen LogP contribution in [-0.4, -0.2) is 38.3 Å². The fourth-order valence-corrected chi connectivity index (χ4v) is 4.17. The average Bonchev–Trinajstić information content (AvgIpc) is 2.75. The number of ether oxygens (including phenoxy) is 1. The van der Waals surface area contributed by atoms with Crippen LogP contribution in [0.15, 0.2) is 36.5 Å². The molecule has 2 aromatic heterocycles. The van der Waals surface area contributed by atoms with Gasteiger partial charge in [-0.15, -0.1) is 0 Å². The van der Waals surface area contributed by atoms with Gasteiger partial charge in [0.05, 0.1) is 19.0 Å². The van der Waals surface area contributed by atoms with Gasteiger partial charge in [0.1, 0.15) is 5.52 Å². The number of aromatic hydroxyl groups is 1. The van der Waals surface area contributed by atoms with E-state index in [0.717, 1.165) is 18.4 Å². The van der Waals surface area contributed by atoms with Crippen molar-refractivity contribution in [1.29, 1.82) is 0 Å². The lowest BCUT2D eigenvalue weighted by Gasteiger charge is -2.22. The van der Waals surface area contributed by atoms with E-state index >= 15 is 0 Å². The molecule has 1 aliphatic carbocycles. The molecule has 3 N–H and O–H groups in total. The van der Waals surface area contributed by atoms with Gasteiger partial charge < -0.3 is 20.5 Å². The van der Waals surface area contributed by atoms with Crippen molar-refractivity contribution in [2.24, 2.45) is 0 Å². The number of aromatic nitrogens is 3. The Morgan fingerprint density at radius 3 is 2.61 bits per heavy atom. The van der Waals surface area contributed by atoms with E-state index in [2.05, 4.69) is 25.6 Å². The predicted molar refractivity (Wildman–Crippen MR) is 126 cm³/mol. The zero-order valence-electron chi connectivity index (χ0n) is 17.6. The summed E-state index contributed by atoms with van der Waals surface area (Å²) in [6.45, 7) is 0. The highest BCUT2D eigenvalue weighted by Gasteiger charge is 2.13. The molecule has 0 atom stereocenters. The van der Waals surface area contributed by atoms with Crippen molar-refractivity contribution in [3.63, 3.8) is 0 Å². The lowest BCUT2D eigenvalue weighted by molar-refractivity contribution is 0.373. The summed E-state index contributed by atoms with van der Waals surface area (Å²) in [5.41, 5.74) is 2.74. The third kappa shape index (κ3) is 5.38. The van der Waals surface area contributed by atoms with Crippen LogP contribution >= 0.6 is 12.2 Å². The van der Waals surface area contributed by atoms with Gasteiger partial charge in [0, 0.05) is 11.6 Å². The van der Waals surface area contributed by atoms with Gasteiger partial charge in [-0.3, -0.25) is 0 Å². The van der Waals surface area contributed by atoms with Crippen LogP contribution in [0.25, 0.3) is 22.4 Å². The van der Waals surface area contributed by atoms with E-state index in [-0.39, 0.29) is 5.75 Å². The molecule has 1 aromatic carbocycles. The van der Waals surface area contributed by atoms with Crippen LogP contribution < -0.4 is 15.4 Å². The fourth-order valence-electron chi connectivity index (χ4n) is 3.89. The molecule has 1 saturated carbocycles. The molecule has 7 nitrogen and oxygen atoms in total. The molecular weight excluding hydrogens is 410 g/mol. The number of phenols is 1. The molecule has 162 valence electrons. The molecule has 0 saturated heterocycles. The Balaban J connectivity index is 1.49. The van der Waals surface area contributed by atoms with Crippen LogP contribution in [0.2, 0.25) is 0 Å². The summed E-state index contributed by atoms with van der Waals surface area (Å²) in [5, 5.41) is 17.0. The summed E-state index contributed by atoms with van der Waals surface area (Å²) in [6.07, 6.45) is 10.4. The van der Waals surface area contributed by atoms with Gasteiger partial charge in [-0.05, 0) is 55.4 Å². The van der Waals surface area contributed by atoms with Gasteiger partial charge in [-0.1, -0.05) is 32.1 Å².